The summed E-state index contributed by atoms with van der Waals surface area (Å²) in [5.41, 5.74) is 0.640. The molecule has 1 aromatic rings. The summed E-state index contributed by atoms with van der Waals surface area (Å²) in [6, 6.07) is 10.9. The lowest BCUT2D eigenvalue weighted by Crippen LogP contribution is -2.51. The Labute approximate surface area is 135 Å². The van der Waals surface area contributed by atoms with E-state index in [4.69, 9.17) is 9.47 Å². The van der Waals surface area contributed by atoms with Crippen LogP contribution in [0.15, 0.2) is 30.3 Å². The number of carbonyl (C=O) groups is 1. The minimum atomic E-state index is -1.56. The average Bonchev–Trinajstić information content (AvgIpc) is 2.52. The summed E-state index contributed by atoms with van der Waals surface area (Å²) < 4.78 is 11.2. The zero-order chi connectivity index (χ0) is 16.0. The molecule has 1 aliphatic rings. The summed E-state index contributed by atoms with van der Waals surface area (Å²) in [5.74, 6) is -0.194. The highest BCUT2D eigenvalue weighted by Gasteiger charge is 2.40. The Hall–Kier alpha value is -1.13. The van der Waals surface area contributed by atoms with Crippen molar-refractivity contribution in [2.24, 2.45) is 0 Å². The number of hydrogen-bond donors (Lipinski definition) is 0. The summed E-state index contributed by atoms with van der Waals surface area (Å²) in [4.78, 5) is 10.9. The van der Waals surface area contributed by atoms with Crippen LogP contribution in [0.5, 0.6) is 0 Å². The van der Waals surface area contributed by atoms with Crippen LogP contribution in [0, 0.1) is 0 Å². The van der Waals surface area contributed by atoms with Crippen molar-refractivity contribution in [2.45, 2.75) is 57.3 Å². The Kier molecular flexibility index (Phi) is 6.21. The van der Waals surface area contributed by atoms with Crippen LogP contribution in [-0.4, -0.2) is 33.4 Å². The van der Waals surface area contributed by atoms with Gasteiger partial charge in [0.15, 0.2) is 0 Å². The van der Waals surface area contributed by atoms with Gasteiger partial charge >= 0.3 is 5.97 Å². The minimum Gasteiger partial charge on any atom is -0.466 e. The summed E-state index contributed by atoms with van der Waals surface area (Å²) in [6.45, 7) is 7.76. The second-order valence-electron chi connectivity index (χ2n) is 6.73. The molecule has 0 amide bonds. The molecule has 1 aliphatic heterocycles. The van der Waals surface area contributed by atoms with Crippen molar-refractivity contribution < 1.29 is 14.3 Å². The van der Waals surface area contributed by atoms with Gasteiger partial charge in [-0.05, 0) is 31.2 Å². The van der Waals surface area contributed by atoms with Crippen molar-refractivity contribution >= 4 is 19.2 Å². The van der Waals surface area contributed by atoms with E-state index in [1.807, 2.05) is 0 Å². The predicted molar refractivity (Wildman–Crippen MR) is 92.1 cm³/mol. The monoisotopic (exact) mass is 320 g/mol. The average molecular weight is 321 g/mol. The minimum absolute atomic E-state index is 0.194. The third-order valence-corrected chi connectivity index (χ3v) is 9.16. The summed E-state index contributed by atoms with van der Waals surface area (Å²) in [6.07, 6.45) is 4.60. The van der Waals surface area contributed by atoms with Crippen molar-refractivity contribution in [3.63, 3.8) is 0 Å². The van der Waals surface area contributed by atoms with E-state index < -0.39 is 8.07 Å². The topological polar surface area (TPSA) is 35.5 Å². The first kappa shape index (κ1) is 17.2. The molecule has 1 heterocycles. The highest BCUT2D eigenvalue weighted by molar-refractivity contribution is 6.91. The van der Waals surface area contributed by atoms with Crippen LogP contribution >= 0.6 is 0 Å². The van der Waals surface area contributed by atoms with Gasteiger partial charge in [0.2, 0.25) is 0 Å². The molecule has 0 N–H and O–H groups in total. The van der Waals surface area contributed by atoms with E-state index in [2.05, 4.69) is 43.4 Å². The van der Waals surface area contributed by atoms with E-state index in [0.29, 0.717) is 18.3 Å². The van der Waals surface area contributed by atoms with Gasteiger partial charge in [-0.3, -0.25) is 4.79 Å². The van der Waals surface area contributed by atoms with Crippen LogP contribution in [0.1, 0.15) is 32.6 Å². The van der Waals surface area contributed by atoms with E-state index in [1.54, 1.807) is 0 Å². The molecule has 1 fully saturated rings. The Morgan fingerprint density at radius 2 is 2.05 bits per heavy atom. The first-order chi connectivity index (χ1) is 10.5. The van der Waals surface area contributed by atoms with E-state index in [1.165, 1.54) is 18.5 Å². The molecule has 0 aromatic heterocycles. The van der Waals surface area contributed by atoms with Gasteiger partial charge in [-0.25, -0.2) is 0 Å². The third-order valence-electron chi connectivity index (χ3n) is 4.82. The molecule has 0 radical (unpaired) electrons. The molecule has 0 aliphatic carbocycles. The van der Waals surface area contributed by atoms with Gasteiger partial charge in [0.25, 0.3) is 0 Å². The number of rotatable bonds is 6. The molecular weight excluding hydrogens is 292 g/mol. The molecule has 2 atom stereocenters. The fraction of sp³-hybridized carbons (Fsp3) is 0.611. The van der Waals surface area contributed by atoms with Crippen LogP contribution in [-0.2, 0) is 14.3 Å². The van der Waals surface area contributed by atoms with Gasteiger partial charge in [0, 0.05) is 13.5 Å². The lowest BCUT2D eigenvalue weighted by molar-refractivity contribution is -0.141. The fourth-order valence-corrected chi connectivity index (χ4v) is 7.13. The second-order valence-corrected chi connectivity index (χ2v) is 11.5. The Morgan fingerprint density at radius 1 is 1.32 bits per heavy atom. The van der Waals surface area contributed by atoms with E-state index in [0.717, 1.165) is 25.9 Å². The Morgan fingerprint density at radius 3 is 2.73 bits per heavy atom. The van der Waals surface area contributed by atoms with Crippen molar-refractivity contribution in [1.29, 1.82) is 0 Å². The van der Waals surface area contributed by atoms with Crippen LogP contribution < -0.4 is 5.19 Å². The molecule has 0 saturated carbocycles. The summed E-state index contributed by atoms with van der Waals surface area (Å²) in [7, 11) is -1.56. The maximum Gasteiger partial charge on any atom is 0.302 e. The van der Waals surface area contributed by atoms with Gasteiger partial charge in [0.05, 0.1) is 20.8 Å². The standard InChI is InChI=1S/C18H28O3Si/c1-15(19)20-13-7-11-17-18(12-8-14-21-17)22(2,3)16-9-5-4-6-10-16/h4-6,9-10,17-18H,7-8,11-14H2,1-3H3/t17-,18+/m0/s1. The Balaban J connectivity index is 2.01. The third kappa shape index (κ3) is 4.43. The van der Waals surface area contributed by atoms with Crippen molar-refractivity contribution in [2.75, 3.05) is 13.2 Å². The molecule has 122 valence electrons. The smallest absolute Gasteiger partial charge is 0.302 e. The number of esters is 1. The molecule has 0 bridgehead atoms. The SMILES string of the molecule is CC(=O)OCCC[C@@H]1OCCC[C@H]1[Si](C)(C)c1ccccc1. The van der Waals surface area contributed by atoms with Gasteiger partial charge in [-0.2, -0.15) is 0 Å². The normalized spacial score (nSPS) is 22.3. The molecule has 1 aromatic carbocycles. The first-order valence-corrected chi connectivity index (χ1v) is 11.4. The lowest BCUT2D eigenvalue weighted by atomic mass is 10.0. The summed E-state index contributed by atoms with van der Waals surface area (Å²) in [5, 5.41) is 1.51. The number of hydrogen-bond acceptors (Lipinski definition) is 3. The quantitative estimate of drug-likeness (QED) is 0.457. The molecule has 3 nitrogen and oxygen atoms in total. The highest BCUT2D eigenvalue weighted by atomic mass is 28.3. The Bertz CT molecular complexity index is 472. The molecule has 0 spiro atoms. The van der Waals surface area contributed by atoms with Crippen LogP contribution in [0.25, 0.3) is 0 Å². The summed E-state index contributed by atoms with van der Waals surface area (Å²) >= 11 is 0. The van der Waals surface area contributed by atoms with Crippen LogP contribution in [0.4, 0.5) is 0 Å². The predicted octanol–water partition coefficient (Wildman–Crippen LogP) is 3.49. The van der Waals surface area contributed by atoms with Gasteiger partial charge in [0.1, 0.15) is 0 Å². The van der Waals surface area contributed by atoms with Crippen molar-refractivity contribution in [3.05, 3.63) is 30.3 Å². The number of benzene rings is 1. The molecule has 2 rings (SSSR count). The van der Waals surface area contributed by atoms with Crippen LogP contribution in [0.3, 0.4) is 0 Å². The van der Waals surface area contributed by atoms with E-state index >= 15 is 0 Å². The maximum absolute atomic E-state index is 10.9. The molecule has 4 heteroatoms. The largest absolute Gasteiger partial charge is 0.466 e. The van der Waals surface area contributed by atoms with Gasteiger partial charge < -0.3 is 9.47 Å². The lowest BCUT2D eigenvalue weighted by Gasteiger charge is -2.41. The maximum atomic E-state index is 10.9. The zero-order valence-electron chi connectivity index (χ0n) is 14.0. The van der Waals surface area contributed by atoms with E-state index in [-0.39, 0.29) is 5.97 Å². The molecule has 1 saturated heterocycles. The fourth-order valence-electron chi connectivity index (χ4n) is 3.53. The molecule has 22 heavy (non-hydrogen) atoms. The van der Waals surface area contributed by atoms with Gasteiger partial charge in [-0.1, -0.05) is 48.6 Å². The number of ether oxygens (including phenoxy) is 2. The number of carbonyl (C=O) groups excluding carboxylic acids is 1. The van der Waals surface area contributed by atoms with Crippen molar-refractivity contribution in [1.82, 2.24) is 0 Å². The molecule has 0 unspecified atom stereocenters. The highest BCUT2D eigenvalue weighted by Crippen LogP contribution is 2.37. The molecular formula is C18H28O3Si. The first-order valence-electron chi connectivity index (χ1n) is 8.32. The second kappa shape index (κ2) is 7.93. The van der Waals surface area contributed by atoms with Crippen molar-refractivity contribution in [3.8, 4) is 0 Å². The van der Waals surface area contributed by atoms with Crippen LogP contribution in [0.2, 0.25) is 18.6 Å². The zero-order valence-corrected chi connectivity index (χ0v) is 15.0. The van der Waals surface area contributed by atoms with E-state index in [9.17, 15) is 4.79 Å². The van der Waals surface area contributed by atoms with Gasteiger partial charge in [-0.15, -0.1) is 0 Å².